The second kappa shape index (κ2) is 10.2. The van der Waals surface area contributed by atoms with Crippen LogP contribution in [0.5, 0.6) is 5.75 Å². The van der Waals surface area contributed by atoms with Crippen LogP contribution in [0.2, 0.25) is 0 Å². The number of carbonyl (C=O) groups excluding carboxylic acids is 1. The second-order valence-electron chi connectivity index (χ2n) is 10.3. The number of nitrogens with one attached hydrogen (secondary N) is 1. The topological polar surface area (TPSA) is 89.6 Å². The molecule has 1 aliphatic carbocycles. The Morgan fingerprint density at radius 3 is 2.51 bits per heavy atom. The number of alkyl halides is 3. The molecule has 0 radical (unpaired) electrons. The van der Waals surface area contributed by atoms with Crippen LogP contribution in [0.4, 0.5) is 19.1 Å². The van der Waals surface area contributed by atoms with Gasteiger partial charge in [0.05, 0.1) is 19.8 Å². The van der Waals surface area contributed by atoms with E-state index in [1.54, 1.807) is 24.5 Å². The Labute approximate surface area is 223 Å². The predicted molar refractivity (Wildman–Crippen MR) is 135 cm³/mol. The summed E-state index contributed by atoms with van der Waals surface area (Å²) in [6.45, 7) is 0.295. The van der Waals surface area contributed by atoms with Gasteiger partial charge < -0.3 is 24.1 Å². The minimum atomic E-state index is -4.78. The number of ether oxygens (including phenoxy) is 3. The number of hydrogen-bond donors (Lipinski definition) is 1. The van der Waals surface area contributed by atoms with Gasteiger partial charge in [-0.3, -0.25) is 0 Å². The molecule has 1 aromatic carbocycles. The van der Waals surface area contributed by atoms with Gasteiger partial charge in [0.25, 0.3) is 0 Å². The van der Waals surface area contributed by atoms with Crippen LogP contribution in [0.15, 0.2) is 42.7 Å². The largest absolute Gasteiger partial charge is 0.573 e. The van der Waals surface area contributed by atoms with Gasteiger partial charge in [0, 0.05) is 46.9 Å². The number of halogens is 3. The van der Waals surface area contributed by atoms with Crippen molar-refractivity contribution in [1.29, 1.82) is 0 Å². The summed E-state index contributed by atoms with van der Waals surface area (Å²) in [5.74, 6) is 0.160. The van der Waals surface area contributed by atoms with Gasteiger partial charge in [-0.25, -0.2) is 14.8 Å². The van der Waals surface area contributed by atoms with Crippen LogP contribution >= 0.6 is 0 Å². The van der Waals surface area contributed by atoms with E-state index in [-0.39, 0.29) is 29.6 Å². The van der Waals surface area contributed by atoms with Gasteiger partial charge in [0.2, 0.25) is 5.95 Å². The van der Waals surface area contributed by atoms with Crippen LogP contribution in [0.1, 0.15) is 66.2 Å². The van der Waals surface area contributed by atoms with E-state index in [2.05, 4.69) is 24.6 Å². The lowest BCUT2D eigenvalue weighted by Gasteiger charge is -2.39. The summed E-state index contributed by atoms with van der Waals surface area (Å²) in [5, 5.41) is 0. The van der Waals surface area contributed by atoms with E-state index in [0.29, 0.717) is 29.6 Å². The lowest BCUT2D eigenvalue weighted by Crippen LogP contribution is -2.46. The summed E-state index contributed by atoms with van der Waals surface area (Å²) >= 11 is 0. The molecule has 0 spiro atoms. The lowest BCUT2D eigenvalue weighted by atomic mass is 9.99. The number of nitrogens with zero attached hydrogens (tertiary/aromatic N) is 3. The van der Waals surface area contributed by atoms with E-state index in [9.17, 15) is 18.0 Å². The number of aromatic amines is 1. The molecule has 11 heteroatoms. The highest BCUT2D eigenvalue weighted by atomic mass is 19.4. The van der Waals surface area contributed by atoms with Crippen molar-refractivity contribution in [2.24, 2.45) is 0 Å². The number of carbonyl (C=O) groups is 1. The fraction of sp³-hybridized carbons (Fsp3) is 0.464. The van der Waals surface area contributed by atoms with Crippen molar-refractivity contribution in [2.75, 3.05) is 12.0 Å². The first-order valence-electron chi connectivity index (χ1n) is 13.2. The first-order chi connectivity index (χ1) is 18.8. The zero-order valence-corrected chi connectivity index (χ0v) is 21.4. The molecule has 2 aliphatic heterocycles. The van der Waals surface area contributed by atoms with Crippen molar-refractivity contribution in [2.45, 2.75) is 75.6 Å². The van der Waals surface area contributed by atoms with E-state index in [0.717, 1.165) is 49.8 Å². The average Bonchev–Trinajstić information content (AvgIpc) is 3.62. The molecule has 2 unspecified atom stereocenters. The highest BCUT2D eigenvalue weighted by Gasteiger charge is 2.43. The Bertz CT molecular complexity index is 1340. The summed E-state index contributed by atoms with van der Waals surface area (Å²) < 4.78 is 54.9. The molecule has 6 rings (SSSR count). The van der Waals surface area contributed by atoms with Gasteiger partial charge in [-0.05, 0) is 56.6 Å². The first-order valence-corrected chi connectivity index (χ1v) is 13.2. The monoisotopic (exact) mass is 542 g/mol. The quantitative estimate of drug-likeness (QED) is 0.363. The number of para-hydroxylation sites is 1. The van der Waals surface area contributed by atoms with Crippen LogP contribution in [0.25, 0.3) is 11.1 Å². The number of aromatic nitrogens is 3. The number of esters is 1. The zero-order valence-electron chi connectivity index (χ0n) is 21.4. The molecule has 1 saturated carbocycles. The molecule has 4 heterocycles. The SMILES string of the molecule is COC(=O)c1ccnc(N2C3CCC2CC(OCc2c(-c4ccccc4OC(F)(F)F)c[nH]c2C2CC2)C3)n1. The number of hydrogen-bond acceptors (Lipinski definition) is 7. The van der Waals surface area contributed by atoms with Gasteiger partial charge in [-0.1, -0.05) is 18.2 Å². The van der Waals surface area contributed by atoms with E-state index in [4.69, 9.17) is 9.47 Å². The second-order valence-corrected chi connectivity index (χ2v) is 10.3. The highest BCUT2D eigenvalue weighted by molar-refractivity contribution is 5.87. The van der Waals surface area contributed by atoms with Gasteiger partial charge in [0.15, 0.2) is 5.69 Å². The fourth-order valence-electron chi connectivity index (χ4n) is 5.99. The first kappa shape index (κ1) is 25.7. The number of anilines is 1. The van der Waals surface area contributed by atoms with E-state index < -0.39 is 12.3 Å². The van der Waals surface area contributed by atoms with Crippen LogP contribution in [0.3, 0.4) is 0 Å². The Kier molecular flexibility index (Phi) is 6.70. The molecule has 1 N–H and O–H groups in total. The molecular formula is C28H29F3N4O4. The number of fused-ring (bicyclic) bond motifs is 2. The van der Waals surface area contributed by atoms with Crippen LogP contribution in [-0.2, 0) is 16.1 Å². The summed E-state index contributed by atoms with van der Waals surface area (Å²) in [7, 11) is 1.32. The Balaban J connectivity index is 1.20. The van der Waals surface area contributed by atoms with Crippen LogP contribution in [0, 0.1) is 0 Å². The fourth-order valence-corrected chi connectivity index (χ4v) is 5.99. The van der Waals surface area contributed by atoms with Crippen molar-refractivity contribution in [1.82, 2.24) is 15.0 Å². The molecule has 2 bridgehead atoms. The average molecular weight is 543 g/mol. The summed E-state index contributed by atoms with van der Waals surface area (Å²) in [4.78, 5) is 26.3. The molecule has 0 amide bonds. The number of H-pyrrole nitrogens is 1. The summed E-state index contributed by atoms with van der Waals surface area (Å²) in [6.07, 6.45) is 4.12. The van der Waals surface area contributed by atoms with E-state index in [1.807, 2.05) is 0 Å². The minimum absolute atomic E-state index is 0.0148. The third-order valence-corrected chi connectivity index (χ3v) is 7.83. The normalized spacial score (nSPS) is 22.7. The smallest absolute Gasteiger partial charge is 0.464 e. The van der Waals surface area contributed by atoms with Crippen molar-refractivity contribution < 1.29 is 32.2 Å². The maximum atomic E-state index is 13.1. The van der Waals surface area contributed by atoms with E-state index in [1.165, 1.54) is 25.3 Å². The third kappa shape index (κ3) is 5.32. The third-order valence-electron chi connectivity index (χ3n) is 7.83. The molecule has 39 heavy (non-hydrogen) atoms. The van der Waals surface area contributed by atoms with Crippen molar-refractivity contribution >= 4 is 11.9 Å². The van der Waals surface area contributed by atoms with Gasteiger partial charge >= 0.3 is 12.3 Å². The predicted octanol–water partition coefficient (Wildman–Crippen LogP) is 5.75. The summed E-state index contributed by atoms with van der Waals surface area (Å²) in [6, 6.07) is 8.11. The molecular weight excluding hydrogens is 513 g/mol. The molecule has 2 saturated heterocycles. The van der Waals surface area contributed by atoms with Crippen LogP contribution in [-0.4, -0.2) is 52.6 Å². The Morgan fingerprint density at radius 2 is 1.82 bits per heavy atom. The van der Waals surface area contributed by atoms with Crippen LogP contribution < -0.4 is 9.64 Å². The van der Waals surface area contributed by atoms with E-state index >= 15 is 0 Å². The number of rotatable bonds is 8. The molecule has 3 aromatic rings. The van der Waals surface area contributed by atoms with Gasteiger partial charge in [0.1, 0.15) is 5.75 Å². The van der Waals surface area contributed by atoms with Crippen molar-refractivity contribution in [3.63, 3.8) is 0 Å². The number of methoxy groups -OCH3 is 1. The molecule has 206 valence electrons. The molecule has 3 aliphatic rings. The summed E-state index contributed by atoms with van der Waals surface area (Å²) in [5.41, 5.74) is 3.20. The number of piperidine rings is 1. The van der Waals surface area contributed by atoms with Crippen molar-refractivity contribution in [3.05, 3.63) is 59.7 Å². The Hall–Kier alpha value is -3.60. The van der Waals surface area contributed by atoms with Gasteiger partial charge in [-0.15, -0.1) is 13.2 Å². The highest BCUT2D eigenvalue weighted by Crippen LogP contribution is 2.46. The Morgan fingerprint density at radius 1 is 1.08 bits per heavy atom. The maximum absolute atomic E-state index is 13.1. The van der Waals surface area contributed by atoms with Crippen molar-refractivity contribution in [3.8, 4) is 16.9 Å². The standard InChI is InChI=1S/C28H29F3N4O4/c1-37-26(36)23-10-11-32-27(34-23)35-17-8-9-18(35)13-19(12-17)38-15-22-21(14-33-25(22)16-6-7-16)20-4-2-3-5-24(20)39-28(29,30)31/h2-5,10-11,14,16-19,33H,6-9,12-13,15H2,1H3. The molecule has 2 aromatic heterocycles. The zero-order chi connectivity index (χ0) is 27.1. The maximum Gasteiger partial charge on any atom is 0.573 e. The number of benzene rings is 1. The molecule has 2 atom stereocenters. The lowest BCUT2D eigenvalue weighted by molar-refractivity contribution is -0.274. The molecule has 3 fully saturated rings. The van der Waals surface area contributed by atoms with Gasteiger partial charge in [-0.2, -0.15) is 0 Å². The molecule has 8 nitrogen and oxygen atoms in total. The minimum Gasteiger partial charge on any atom is -0.464 e.